The quantitative estimate of drug-likeness (QED) is 0.808. The van der Waals surface area contributed by atoms with E-state index in [9.17, 15) is 9.59 Å². The van der Waals surface area contributed by atoms with Crippen LogP contribution in [-0.2, 0) is 14.3 Å². The Bertz CT molecular complexity index is 655. The lowest BCUT2D eigenvalue weighted by Gasteiger charge is -2.34. The number of nitrogens with one attached hydrogen (secondary N) is 1. The average molecular weight is 362 g/mol. The van der Waals surface area contributed by atoms with Crippen molar-refractivity contribution in [2.24, 2.45) is 5.92 Å². The van der Waals surface area contributed by atoms with E-state index < -0.39 is 0 Å². The van der Waals surface area contributed by atoms with Crippen LogP contribution in [-0.4, -0.2) is 55.7 Å². The van der Waals surface area contributed by atoms with Crippen molar-refractivity contribution in [3.05, 3.63) is 18.2 Å². The van der Waals surface area contributed by atoms with Crippen LogP contribution in [0.3, 0.4) is 0 Å². The Kier molecular flexibility index (Phi) is 5.98. The van der Waals surface area contributed by atoms with E-state index in [4.69, 9.17) is 14.2 Å². The van der Waals surface area contributed by atoms with Crippen molar-refractivity contribution in [2.75, 3.05) is 38.2 Å². The third-order valence-corrected chi connectivity index (χ3v) is 4.89. The van der Waals surface area contributed by atoms with Gasteiger partial charge in [0.15, 0.2) is 11.5 Å². The number of carbonyl (C=O) groups excluding carboxylic acids is 2. The Morgan fingerprint density at radius 3 is 2.62 bits per heavy atom. The van der Waals surface area contributed by atoms with Gasteiger partial charge in [0, 0.05) is 11.8 Å². The number of amides is 1. The summed E-state index contributed by atoms with van der Waals surface area (Å²) >= 11 is 0. The number of hydrogen-bond acceptors (Lipinski definition) is 6. The van der Waals surface area contributed by atoms with Crippen LogP contribution in [0.15, 0.2) is 18.2 Å². The minimum absolute atomic E-state index is 0.0562. The van der Waals surface area contributed by atoms with Crippen LogP contribution < -0.4 is 14.8 Å². The Labute approximate surface area is 153 Å². The van der Waals surface area contributed by atoms with Gasteiger partial charge in [-0.1, -0.05) is 0 Å². The van der Waals surface area contributed by atoms with E-state index in [1.54, 1.807) is 12.1 Å². The number of esters is 1. The minimum Gasteiger partial charge on any atom is -0.486 e. The van der Waals surface area contributed by atoms with Crippen LogP contribution in [0.2, 0.25) is 0 Å². The van der Waals surface area contributed by atoms with Crippen molar-refractivity contribution in [2.45, 2.75) is 32.7 Å². The number of carbonyl (C=O) groups is 2. The van der Waals surface area contributed by atoms with Crippen LogP contribution in [0.4, 0.5) is 5.69 Å². The van der Waals surface area contributed by atoms with Crippen molar-refractivity contribution in [3.8, 4) is 11.5 Å². The predicted molar refractivity (Wildman–Crippen MR) is 96.5 cm³/mol. The molecule has 1 amide bonds. The highest BCUT2D eigenvalue weighted by Gasteiger charge is 2.30. The molecule has 0 aromatic heterocycles. The van der Waals surface area contributed by atoms with E-state index in [1.165, 1.54) is 0 Å². The number of nitrogens with zero attached hydrogens (tertiary/aromatic N) is 1. The molecule has 142 valence electrons. The molecule has 1 fully saturated rings. The molecule has 7 heteroatoms. The lowest BCUT2D eigenvalue weighted by Crippen LogP contribution is -2.47. The van der Waals surface area contributed by atoms with E-state index in [0.29, 0.717) is 50.1 Å². The smallest absolute Gasteiger partial charge is 0.309 e. The van der Waals surface area contributed by atoms with Gasteiger partial charge in [-0.2, -0.15) is 0 Å². The first-order chi connectivity index (χ1) is 12.6. The molecule has 1 aromatic carbocycles. The molecule has 1 saturated heterocycles. The Balaban J connectivity index is 1.53. The molecule has 1 aromatic rings. The molecule has 1 N–H and O–H groups in total. The third kappa shape index (κ3) is 4.27. The molecular formula is C19H26N2O5. The first kappa shape index (κ1) is 18.5. The zero-order valence-corrected chi connectivity index (χ0v) is 15.3. The predicted octanol–water partition coefficient (Wildman–Crippen LogP) is 2.06. The number of fused-ring (bicyclic) bond motifs is 1. The van der Waals surface area contributed by atoms with Crippen LogP contribution in [0.1, 0.15) is 26.7 Å². The van der Waals surface area contributed by atoms with Gasteiger partial charge in [-0.05, 0) is 51.9 Å². The normalized spacial score (nSPS) is 18.8. The number of anilines is 1. The fraction of sp³-hybridized carbons (Fsp3) is 0.579. The molecular weight excluding hydrogens is 336 g/mol. The number of likely N-dealkylation sites (tertiary alicyclic amines) is 1. The van der Waals surface area contributed by atoms with Crippen molar-refractivity contribution in [3.63, 3.8) is 0 Å². The van der Waals surface area contributed by atoms with E-state index in [0.717, 1.165) is 12.8 Å². The summed E-state index contributed by atoms with van der Waals surface area (Å²) in [5, 5.41) is 2.94. The maximum atomic E-state index is 12.6. The van der Waals surface area contributed by atoms with E-state index >= 15 is 0 Å². The summed E-state index contributed by atoms with van der Waals surface area (Å²) in [4.78, 5) is 26.5. The van der Waals surface area contributed by atoms with Gasteiger partial charge in [0.2, 0.25) is 5.91 Å². The van der Waals surface area contributed by atoms with Crippen molar-refractivity contribution in [1.82, 2.24) is 4.90 Å². The largest absolute Gasteiger partial charge is 0.486 e. The van der Waals surface area contributed by atoms with Gasteiger partial charge in [0.05, 0.1) is 18.6 Å². The highest BCUT2D eigenvalue weighted by molar-refractivity contribution is 5.94. The van der Waals surface area contributed by atoms with Gasteiger partial charge in [0.1, 0.15) is 13.2 Å². The molecule has 2 aliphatic heterocycles. The summed E-state index contributed by atoms with van der Waals surface area (Å²) in [6, 6.07) is 5.13. The lowest BCUT2D eigenvalue weighted by molar-refractivity contribution is -0.149. The number of rotatable bonds is 5. The Morgan fingerprint density at radius 2 is 1.92 bits per heavy atom. The SMILES string of the molecule is CCOC(=O)C1CCN([C@@H](C)C(=O)Nc2ccc3c(c2)OCCO3)CC1. The van der Waals surface area contributed by atoms with Gasteiger partial charge in [-0.3, -0.25) is 14.5 Å². The molecule has 0 saturated carbocycles. The summed E-state index contributed by atoms with van der Waals surface area (Å²) in [6.45, 7) is 6.58. The number of ether oxygens (including phenoxy) is 3. The Hall–Kier alpha value is -2.28. The van der Waals surface area contributed by atoms with E-state index in [1.807, 2.05) is 19.9 Å². The second-order valence-electron chi connectivity index (χ2n) is 6.59. The van der Waals surface area contributed by atoms with Crippen molar-refractivity contribution < 1.29 is 23.8 Å². The molecule has 0 bridgehead atoms. The molecule has 0 radical (unpaired) electrons. The maximum Gasteiger partial charge on any atom is 0.309 e. The molecule has 1 atom stereocenters. The van der Waals surface area contributed by atoms with Gasteiger partial charge >= 0.3 is 5.97 Å². The maximum absolute atomic E-state index is 12.6. The average Bonchev–Trinajstić information content (AvgIpc) is 2.67. The fourth-order valence-corrected chi connectivity index (χ4v) is 3.32. The summed E-state index contributed by atoms with van der Waals surface area (Å²) < 4.78 is 16.1. The second-order valence-corrected chi connectivity index (χ2v) is 6.59. The zero-order valence-electron chi connectivity index (χ0n) is 15.3. The molecule has 2 heterocycles. The van der Waals surface area contributed by atoms with E-state index in [-0.39, 0.29) is 23.8 Å². The van der Waals surface area contributed by atoms with Crippen LogP contribution in [0.5, 0.6) is 11.5 Å². The summed E-state index contributed by atoms with van der Waals surface area (Å²) in [5.41, 5.74) is 0.688. The van der Waals surface area contributed by atoms with Gasteiger partial charge in [0.25, 0.3) is 0 Å². The van der Waals surface area contributed by atoms with Gasteiger partial charge < -0.3 is 19.5 Å². The third-order valence-electron chi connectivity index (χ3n) is 4.89. The summed E-state index contributed by atoms with van der Waals surface area (Å²) in [7, 11) is 0. The first-order valence-corrected chi connectivity index (χ1v) is 9.19. The molecule has 26 heavy (non-hydrogen) atoms. The minimum atomic E-state index is -0.272. The van der Waals surface area contributed by atoms with Gasteiger partial charge in [-0.25, -0.2) is 0 Å². The fourth-order valence-electron chi connectivity index (χ4n) is 3.32. The zero-order chi connectivity index (χ0) is 18.5. The van der Waals surface area contributed by atoms with Crippen molar-refractivity contribution >= 4 is 17.6 Å². The molecule has 2 aliphatic rings. The van der Waals surface area contributed by atoms with E-state index in [2.05, 4.69) is 10.2 Å². The highest BCUT2D eigenvalue weighted by atomic mass is 16.6. The van der Waals surface area contributed by atoms with Crippen molar-refractivity contribution in [1.29, 1.82) is 0 Å². The highest BCUT2D eigenvalue weighted by Crippen LogP contribution is 2.32. The van der Waals surface area contributed by atoms with Crippen LogP contribution in [0, 0.1) is 5.92 Å². The number of benzene rings is 1. The molecule has 0 aliphatic carbocycles. The summed E-state index contributed by atoms with van der Waals surface area (Å²) in [6.07, 6.45) is 1.45. The van der Waals surface area contributed by atoms with Crippen LogP contribution in [0.25, 0.3) is 0 Å². The number of hydrogen-bond donors (Lipinski definition) is 1. The molecule has 0 spiro atoms. The monoisotopic (exact) mass is 362 g/mol. The molecule has 7 nitrogen and oxygen atoms in total. The summed E-state index contributed by atoms with van der Waals surface area (Å²) in [5.74, 6) is 1.09. The lowest BCUT2D eigenvalue weighted by atomic mass is 9.96. The van der Waals surface area contributed by atoms with Gasteiger partial charge in [-0.15, -0.1) is 0 Å². The number of piperidine rings is 1. The first-order valence-electron chi connectivity index (χ1n) is 9.19. The second kappa shape index (κ2) is 8.40. The molecule has 0 unspecified atom stereocenters. The topological polar surface area (TPSA) is 77.1 Å². The van der Waals surface area contributed by atoms with Crippen LogP contribution >= 0.6 is 0 Å². The molecule has 3 rings (SSSR count). The standard InChI is InChI=1S/C19H26N2O5/c1-3-24-19(23)14-6-8-21(9-7-14)13(2)18(22)20-15-4-5-16-17(12-15)26-11-10-25-16/h4-5,12-14H,3,6-11H2,1-2H3,(H,20,22)/t13-/m0/s1. The Morgan fingerprint density at radius 1 is 1.23 bits per heavy atom.